The number of hydrogen-bond donors (Lipinski definition) is 3. The van der Waals surface area contributed by atoms with Crippen LogP contribution in [0.1, 0.15) is 12.0 Å². The van der Waals surface area contributed by atoms with Gasteiger partial charge in [0, 0.05) is 17.7 Å². The third-order valence-corrected chi connectivity index (χ3v) is 3.71. The van der Waals surface area contributed by atoms with Crippen molar-refractivity contribution >= 4 is 33.5 Å². The monoisotopic (exact) mass is 343 g/mol. The number of aliphatic hydroxyl groups excluding tert-OH is 1. The highest BCUT2D eigenvalue weighted by molar-refractivity contribution is 9.10. The quantitative estimate of drug-likeness (QED) is 0.751. The van der Waals surface area contributed by atoms with Gasteiger partial charge in [-0.2, -0.15) is 0 Å². The van der Waals surface area contributed by atoms with Gasteiger partial charge in [-0.1, -0.05) is 0 Å². The Morgan fingerprint density at radius 3 is 2.85 bits per heavy atom. The van der Waals surface area contributed by atoms with Crippen molar-refractivity contribution < 1.29 is 24.5 Å². The van der Waals surface area contributed by atoms with E-state index >= 15 is 0 Å². The van der Waals surface area contributed by atoms with E-state index in [2.05, 4.69) is 21.2 Å². The maximum Gasteiger partial charge on any atom is 0.304 e. The summed E-state index contributed by atoms with van der Waals surface area (Å²) in [6.07, 6.45) is 0.269. The lowest BCUT2D eigenvalue weighted by Crippen LogP contribution is -2.28. The van der Waals surface area contributed by atoms with Crippen molar-refractivity contribution in [3.8, 4) is 5.75 Å². The number of amides is 1. The second-order valence-electron chi connectivity index (χ2n) is 4.47. The number of carboxylic acid groups (broad SMARTS) is 1. The first-order chi connectivity index (χ1) is 9.52. The molecule has 0 spiro atoms. The second-order valence-corrected chi connectivity index (χ2v) is 5.32. The van der Waals surface area contributed by atoms with Crippen LogP contribution >= 0.6 is 15.9 Å². The van der Waals surface area contributed by atoms with Crippen LogP contribution in [0, 0.1) is 5.92 Å². The molecule has 1 atom stereocenters. The summed E-state index contributed by atoms with van der Waals surface area (Å²) >= 11 is 3.37. The molecule has 1 aromatic carbocycles. The average Bonchev–Trinajstić information content (AvgIpc) is 2.89. The summed E-state index contributed by atoms with van der Waals surface area (Å²) in [4.78, 5) is 22.6. The van der Waals surface area contributed by atoms with E-state index in [-0.39, 0.29) is 0 Å². The van der Waals surface area contributed by atoms with Gasteiger partial charge in [-0.25, -0.2) is 0 Å². The van der Waals surface area contributed by atoms with Gasteiger partial charge in [-0.15, -0.1) is 0 Å². The Balaban J connectivity index is 2.16. The Labute approximate surface area is 123 Å². The van der Waals surface area contributed by atoms with Crippen LogP contribution in [0.4, 0.5) is 5.69 Å². The summed E-state index contributed by atoms with van der Waals surface area (Å²) in [5.74, 6) is -1.90. The Bertz CT molecular complexity index is 546. The van der Waals surface area contributed by atoms with Crippen molar-refractivity contribution in [1.82, 2.24) is 0 Å². The van der Waals surface area contributed by atoms with Gasteiger partial charge in [0.15, 0.2) is 0 Å². The molecule has 0 radical (unpaired) electrons. The minimum absolute atomic E-state index is 0.405. The van der Waals surface area contributed by atoms with Crippen molar-refractivity contribution in [3.05, 3.63) is 22.2 Å². The molecular weight excluding hydrogens is 330 g/mol. The molecule has 1 amide bonds. The minimum atomic E-state index is -1.12. The lowest BCUT2D eigenvalue weighted by Gasteiger charge is -2.14. The number of fused-ring (bicyclic) bond motifs is 1. The Morgan fingerprint density at radius 2 is 2.20 bits per heavy atom. The van der Waals surface area contributed by atoms with Crippen LogP contribution in [0.5, 0.6) is 5.75 Å². The number of aliphatic carboxylic acids is 1. The van der Waals surface area contributed by atoms with Gasteiger partial charge in [0.25, 0.3) is 0 Å². The molecule has 0 bridgehead atoms. The van der Waals surface area contributed by atoms with E-state index in [0.29, 0.717) is 24.5 Å². The number of benzene rings is 1. The van der Waals surface area contributed by atoms with Gasteiger partial charge in [-0.05, 0) is 28.1 Å². The fourth-order valence-electron chi connectivity index (χ4n) is 2.06. The fourth-order valence-corrected chi connectivity index (χ4v) is 2.55. The largest absolute Gasteiger partial charge is 0.492 e. The van der Waals surface area contributed by atoms with E-state index in [1.807, 2.05) is 0 Å². The Hall–Kier alpha value is -1.60. The number of hydrogen-bond acceptors (Lipinski definition) is 4. The average molecular weight is 344 g/mol. The second kappa shape index (κ2) is 6.23. The first-order valence-corrected chi connectivity index (χ1v) is 6.90. The highest BCUT2D eigenvalue weighted by Gasteiger charge is 2.24. The van der Waals surface area contributed by atoms with E-state index in [1.54, 1.807) is 12.1 Å². The molecule has 1 aliphatic rings. The van der Waals surface area contributed by atoms with Crippen LogP contribution in [0.2, 0.25) is 0 Å². The molecule has 2 rings (SSSR count). The summed E-state index contributed by atoms with van der Waals surface area (Å²) in [5.41, 5.74) is 1.47. The molecule has 108 valence electrons. The van der Waals surface area contributed by atoms with Gasteiger partial charge in [0.05, 0.1) is 30.0 Å². The van der Waals surface area contributed by atoms with Crippen molar-refractivity contribution in [2.45, 2.75) is 12.8 Å². The summed E-state index contributed by atoms with van der Waals surface area (Å²) in [6, 6.07) is 3.48. The van der Waals surface area contributed by atoms with E-state index in [0.717, 1.165) is 10.0 Å². The number of carboxylic acids is 1. The summed E-state index contributed by atoms with van der Waals surface area (Å²) < 4.78 is 6.27. The summed E-state index contributed by atoms with van der Waals surface area (Å²) in [5, 5.41) is 20.5. The van der Waals surface area contributed by atoms with Crippen LogP contribution in [0.3, 0.4) is 0 Å². The molecule has 0 saturated heterocycles. The van der Waals surface area contributed by atoms with Crippen LogP contribution in [0.25, 0.3) is 0 Å². The molecule has 0 saturated carbocycles. The lowest BCUT2D eigenvalue weighted by atomic mass is 10.0. The third-order valence-electron chi connectivity index (χ3n) is 3.08. The smallest absolute Gasteiger partial charge is 0.304 e. The standard InChI is InChI=1S/C13H14BrNO5/c14-9-1-2-10(8-3-4-20-12(8)9)15-13(19)7(6-16)5-11(17)18/h1-2,7,16H,3-6H2,(H,15,19)(H,17,18). The van der Waals surface area contributed by atoms with Crippen molar-refractivity contribution in [2.24, 2.45) is 5.92 Å². The molecule has 1 aromatic rings. The van der Waals surface area contributed by atoms with Crippen LogP contribution in [-0.2, 0) is 16.0 Å². The van der Waals surface area contributed by atoms with Crippen molar-refractivity contribution in [1.29, 1.82) is 0 Å². The first kappa shape index (κ1) is 14.8. The molecule has 0 fully saturated rings. The normalized spacial score (nSPS) is 14.3. The highest BCUT2D eigenvalue weighted by Crippen LogP contribution is 2.38. The molecular formula is C13H14BrNO5. The third kappa shape index (κ3) is 3.10. The van der Waals surface area contributed by atoms with Crippen LogP contribution in [0.15, 0.2) is 16.6 Å². The number of rotatable bonds is 5. The Morgan fingerprint density at radius 1 is 1.45 bits per heavy atom. The zero-order valence-electron chi connectivity index (χ0n) is 10.6. The molecule has 1 heterocycles. The number of aliphatic hydroxyl groups is 1. The highest BCUT2D eigenvalue weighted by atomic mass is 79.9. The SMILES string of the molecule is O=C(O)CC(CO)C(=O)Nc1ccc(Br)c2c1CCO2. The van der Waals surface area contributed by atoms with Crippen LogP contribution in [-0.4, -0.2) is 35.3 Å². The van der Waals surface area contributed by atoms with Crippen molar-refractivity contribution in [2.75, 3.05) is 18.5 Å². The minimum Gasteiger partial charge on any atom is -0.492 e. The molecule has 1 aliphatic heterocycles. The lowest BCUT2D eigenvalue weighted by molar-refractivity contribution is -0.140. The van der Waals surface area contributed by atoms with Gasteiger partial charge >= 0.3 is 5.97 Å². The maximum absolute atomic E-state index is 12.0. The topological polar surface area (TPSA) is 95.9 Å². The summed E-state index contributed by atoms with van der Waals surface area (Å²) in [6.45, 7) is 0.0344. The van der Waals surface area contributed by atoms with E-state index in [9.17, 15) is 9.59 Å². The first-order valence-electron chi connectivity index (χ1n) is 6.10. The molecule has 6 nitrogen and oxygen atoms in total. The van der Waals surface area contributed by atoms with Crippen LogP contribution < -0.4 is 10.1 Å². The molecule has 7 heteroatoms. The van der Waals surface area contributed by atoms with Gasteiger partial charge in [0.2, 0.25) is 5.91 Å². The zero-order chi connectivity index (χ0) is 14.7. The van der Waals surface area contributed by atoms with Gasteiger partial charge in [0.1, 0.15) is 5.75 Å². The predicted molar refractivity (Wildman–Crippen MR) is 74.8 cm³/mol. The Kier molecular flexibility index (Phi) is 4.61. The van der Waals surface area contributed by atoms with E-state index < -0.39 is 30.8 Å². The predicted octanol–water partition coefficient (Wildman–Crippen LogP) is 1.41. The fraction of sp³-hybridized carbons (Fsp3) is 0.385. The zero-order valence-corrected chi connectivity index (χ0v) is 12.1. The molecule has 20 heavy (non-hydrogen) atoms. The number of halogens is 1. The number of carbonyl (C=O) groups is 2. The molecule has 1 unspecified atom stereocenters. The van der Waals surface area contributed by atoms with Crippen molar-refractivity contribution in [3.63, 3.8) is 0 Å². The molecule has 3 N–H and O–H groups in total. The number of ether oxygens (including phenoxy) is 1. The van der Waals surface area contributed by atoms with E-state index in [1.165, 1.54) is 0 Å². The van der Waals surface area contributed by atoms with Gasteiger partial charge < -0.3 is 20.3 Å². The maximum atomic E-state index is 12.0. The molecule has 0 aromatic heterocycles. The number of nitrogens with one attached hydrogen (secondary N) is 1. The summed E-state index contributed by atoms with van der Waals surface area (Å²) in [7, 11) is 0. The molecule has 0 aliphatic carbocycles. The van der Waals surface area contributed by atoms with E-state index in [4.69, 9.17) is 14.9 Å². The number of anilines is 1. The number of carbonyl (C=O) groups excluding carboxylic acids is 1. The van der Waals surface area contributed by atoms with Gasteiger partial charge in [-0.3, -0.25) is 9.59 Å².